The summed E-state index contributed by atoms with van der Waals surface area (Å²) in [7, 11) is 0. The molecular weight excluding hydrogens is 270 g/mol. The summed E-state index contributed by atoms with van der Waals surface area (Å²) in [6, 6.07) is 1.98. The molecule has 2 saturated heterocycles. The van der Waals surface area contributed by atoms with E-state index < -0.39 is 0 Å². The van der Waals surface area contributed by atoms with Gasteiger partial charge in [-0.25, -0.2) is 0 Å². The molecule has 0 aromatic rings. The van der Waals surface area contributed by atoms with Gasteiger partial charge in [-0.05, 0) is 26.7 Å². The largest absolute Gasteiger partial charge is 0.376 e. The molecule has 21 heavy (non-hydrogen) atoms. The number of carbonyl (C=O) groups excluding carboxylic acids is 1. The number of nitriles is 1. The summed E-state index contributed by atoms with van der Waals surface area (Å²) >= 11 is 0. The molecule has 2 aliphatic rings. The Morgan fingerprint density at radius 3 is 2.71 bits per heavy atom. The summed E-state index contributed by atoms with van der Waals surface area (Å²) in [6.07, 6.45) is 3.91. The third-order valence-corrected chi connectivity index (χ3v) is 3.64. The normalized spacial score (nSPS) is 30.0. The molecule has 2 heterocycles. The number of hydrogen-bond acceptors (Lipinski definition) is 5. The summed E-state index contributed by atoms with van der Waals surface area (Å²) < 4.78 is 11.1. The number of rotatable bonds is 4. The van der Waals surface area contributed by atoms with Gasteiger partial charge in [-0.3, -0.25) is 4.79 Å². The predicted molar refractivity (Wildman–Crippen MR) is 77.3 cm³/mol. The van der Waals surface area contributed by atoms with Gasteiger partial charge in [0.05, 0.1) is 18.3 Å². The molecule has 2 aliphatic heterocycles. The van der Waals surface area contributed by atoms with Crippen molar-refractivity contribution in [2.45, 2.75) is 45.0 Å². The maximum atomic E-state index is 12.1. The zero-order valence-corrected chi connectivity index (χ0v) is 12.7. The van der Waals surface area contributed by atoms with E-state index in [1.54, 1.807) is 6.20 Å². The fourth-order valence-corrected chi connectivity index (χ4v) is 2.75. The Morgan fingerprint density at radius 1 is 1.43 bits per heavy atom. The van der Waals surface area contributed by atoms with Crippen molar-refractivity contribution in [3.05, 3.63) is 11.8 Å². The van der Waals surface area contributed by atoms with E-state index in [4.69, 9.17) is 9.47 Å². The molecule has 3 unspecified atom stereocenters. The zero-order chi connectivity index (χ0) is 15.2. The van der Waals surface area contributed by atoms with E-state index in [1.807, 2.05) is 24.8 Å². The van der Waals surface area contributed by atoms with Gasteiger partial charge in [0.2, 0.25) is 0 Å². The molecule has 0 aromatic heterocycles. The van der Waals surface area contributed by atoms with Crippen molar-refractivity contribution in [2.24, 2.45) is 0 Å². The van der Waals surface area contributed by atoms with Gasteiger partial charge < -0.3 is 19.7 Å². The third-order valence-electron chi connectivity index (χ3n) is 3.64. The highest BCUT2D eigenvalue weighted by Crippen LogP contribution is 2.13. The van der Waals surface area contributed by atoms with E-state index >= 15 is 0 Å². The molecule has 116 valence electrons. The van der Waals surface area contributed by atoms with E-state index in [1.165, 1.54) is 0 Å². The van der Waals surface area contributed by atoms with E-state index in [9.17, 15) is 10.1 Å². The standard InChI is InChI=1S/C15H23N3O3/c1-11-8-18(9-12(2)21-11)10-13(6-16)15(19)17-7-14-4-3-5-20-14/h10-12,14H,3-5,7-9H2,1-2H3,(H,17,19)/b13-10-. The van der Waals surface area contributed by atoms with Gasteiger partial charge in [-0.2, -0.15) is 5.26 Å². The first-order chi connectivity index (χ1) is 10.1. The fraction of sp³-hybridized carbons (Fsp3) is 0.733. The van der Waals surface area contributed by atoms with Gasteiger partial charge in [-0.1, -0.05) is 0 Å². The lowest BCUT2D eigenvalue weighted by Gasteiger charge is -2.34. The minimum Gasteiger partial charge on any atom is -0.376 e. The molecule has 0 aromatic carbocycles. The molecule has 6 nitrogen and oxygen atoms in total. The van der Waals surface area contributed by atoms with Crippen molar-refractivity contribution < 1.29 is 14.3 Å². The molecule has 2 fully saturated rings. The topological polar surface area (TPSA) is 74.6 Å². The number of nitrogens with one attached hydrogen (secondary N) is 1. The predicted octanol–water partition coefficient (Wildman–Crippen LogP) is 0.798. The van der Waals surface area contributed by atoms with E-state index in [0.717, 1.165) is 19.4 Å². The van der Waals surface area contributed by atoms with Gasteiger partial charge in [-0.15, -0.1) is 0 Å². The highest BCUT2D eigenvalue weighted by molar-refractivity contribution is 5.97. The van der Waals surface area contributed by atoms with Gasteiger partial charge >= 0.3 is 0 Å². The van der Waals surface area contributed by atoms with Gasteiger partial charge in [0.15, 0.2) is 0 Å². The quantitative estimate of drug-likeness (QED) is 0.613. The van der Waals surface area contributed by atoms with Crippen LogP contribution < -0.4 is 5.32 Å². The zero-order valence-electron chi connectivity index (χ0n) is 12.7. The molecule has 2 rings (SSSR count). The molecule has 1 N–H and O–H groups in total. The summed E-state index contributed by atoms with van der Waals surface area (Å²) in [4.78, 5) is 14.0. The van der Waals surface area contributed by atoms with Crippen LogP contribution in [0.3, 0.4) is 0 Å². The monoisotopic (exact) mass is 293 g/mol. The highest BCUT2D eigenvalue weighted by atomic mass is 16.5. The van der Waals surface area contributed by atoms with Crippen molar-refractivity contribution in [2.75, 3.05) is 26.2 Å². The lowest BCUT2D eigenvalue weighted by molar-refractivity contribution is -0.117. The maximum absolute atomic E-state index is 12.1. The van der Waals surface area contributed by atoms with Crippen LogP contribution in [-0.2, 0) is 14.3 Å². The first kappa shape index (κ1) is 15.8. The number of amides is 1. The maximum Gasteiger partial charge on any atom is 0.263 e. The van der Waals surface area contributed by atoms with Gasteiger partial charge in [0.25, 0.3) is 5.91 Å². The Morgan fingerprint density at radius 2 is 2.14 bits per heavy atom. The third kappa shape index (κ3) is 4.73. The van der Waals surface area contributed by atoms with Crippen LogP contribution in [0.25, 0.3) is 0 Å². The Kier molecular flexibility index (Phi) is 5.59. The second kappa shape index (κ2) is 7.43. The molecule has 0 saturated carbocycles. The van der Waals surface area contributed by atoms with Crippen LogP contribution >= 0.6 is 0 Å². The molecule has 1 amide bonds. The highest BCUT2D eigenvalue weighted by Gasteiger charge is 2.22. The summed E-state index contributed by atoms with van der Waals surface area (Å²) in [5.41, 5.74) is 0.134. The summed E-state index contributed by atoms with van der Waals surface area (Å²) in [5.74, 6) is -0.334. The molecule has 0 radical (unpaired) electrons. The fourth-order valence-electron chi connectivity index (χ4n) is 2.75. The number of hydrogen-bond donors (Lipinski definition) is 1. The summed E-state index contributed by atoms with van der Waals surface area (Å²) in [5, 5.41) is 12.0. The lowest BCUT2D eigenvalue weighted by Crippen LogP contribution is -2.43. The van der Waals surface area contributed by atoms with Gasteiger partial charge in [0, 0.05) is 32.4 Å². The van der Waals surface area contributed by atoms with E-state index in [-0.39, 0.29) is 29.8 Å². The smallest absolute Gasteiger partial charge is 0.263 e. The van der Waals surface area contributed by atoms with Gasteiger partial charge in [0.1, 0.15) is 11.6 Å². The lowest BCUT2D eigenvalue weighted by atomic mass is 10.2. The van der Waals surface area contributed by atoms with Crippen molar-refractivity contribution in [3.63, 3.8) is 0 Å². The van der Waals surface area contributed by atoms with E-state index in [0.29, 0.717) is 19.6 Å². The Labute approximate surface area is 125 Å². The molecular formula is C15H23N3O3. The van der Waals surface area contributed by atoms with Crippen molar-refractivity contribution in [3.8, 4) is 6.07 Å². The average Bonchev–Trinajstić information content (AvgIpc) is 2.94. The van der Waals surface area contributed by atoms with Crippen LogP contribution in [0, 0.1) is 11.3 Å². The van der Waals surface area contributed by atoms with Crippen molar-refractivity contribution in [1.82, 2.24) is 10.2 Å². The first-order valence-corrected chi connectivity index (χ1v) is 7.49. The van der Waals surface area contributed by atoms with E-state index in [2.05, 4.69) is 5.32 Å². The van der Waals surface area contributed by atoms with Crippen LogP contribution in [0.5, 0.6) is 0 Å². The minimum absolute atomic E-state index is 0.0809. The SMILES string of the molecule is CC1CN(/C=C(/C#N)C(=O)NCC2CCCO2)CC(C)O1. The Balaban J connectivity index is 1.89. The Hall–Kier alpha value is -1.58. The molecule has 0 aliphatic carbocycles. The van der Waals surface area contributed by atoms with Crippen LogP contribution in [0.15, 0.2) is 11.8 Å². The average molecular weight is 293 g/mol. The molecule has 3 atom stereocenters. The number of carbonyl (C=O) groups is 1. The van der Waals surface area contributed by atoms with Crippen molar-refractivity contribution >= 4 is 5.91 Å². The number of nitrogens with zero attached hydrogens (tertiary/aromatic N) is 2. The van der Waals surface area contributed by atoms with Crippen molar-refractivity contribution in [1.29, 1.82) is 5.26 Å². The summed E-state index contributed by atoms with van der Waals surface area (Å²) in [6.45, 7) is 6.57. The Bertz CT molecular complexity index is 428. The number of ether oxygens (including phenoxy) is 2. The van der Waals surface area contributed by atoms with Crippen LogP contribution in [0.2, 0.25) is 0 Å². The van der Waals surface area contributed by atoms with Crippen LogP contribution in [-0.4, -0.2) is 55.4 Å². The van der Waals surface area contributed by atoms with Crippen LogP contribution in [0.4, 0.5) is 0 Å². The first-order valence-electron chi connectivity index (χ1n) is 7.49. The second-order valence-corrected chi connectivity index (χ2v) is 5.71. The van der Waals surface area contributed by atoms with Crippen LogP contribution in [0.1, 0.15) is 26.7 Å². The second-order valence-electron chi connectivity index (χ2n) is 5.71. The molecule has 0 spiro atoms. The minimum atomic E-state index is -0.334. The molecule has 0 bridgehead atoms. The molecule has 6 heteroatoms. The number of morpholine rings is 1.